The van der Waals surface area contributed by atoms with Crippen molar-refractivity contribution in [3.63, 3.8) is 0 Å². The average molecular weight is 617 g/mol. The largest absolute Gasteiger partial charge is 0.508 e. The number of phenolic OH excluding ortho intramolecular Hbond substituents is 1. The van der Waals surface area contributed by atoms with Gasteiger partial charge in [-0.15, -0.1) is 0 Å². The topological polar surface area (TPSA) is 91.3 Å². The van der Waals surface area contributed by atoms with Gasteiger partial charge in [-0.1, -0.05) is 13.0 Å². The number of aromatic hydroxyl groups is 1. The zero-order valence-electron chi connectivity index (χ0n) is 25.2. The third-order valence-corrected chi connectivity index (χ3v) is 10.7. The highest BCUT2D eigenvalue weighted by molar-refractivity contribution is 5.91. The SMILES string of the molecule is C[C@]12C[C@H](Oc3ccc(NC(=O)CCCCN4CCOCC4)c(C(F)(F)F)c3)[C@@H]3c4ccc(O)cc4CC[C@H]3[C@@H]1CC[C@@H]2O. The van der Waals surface area contributed by atoms with Gasteiger partial charge in [0, 0.05) is 30.8 Å². The van der Waals surface area contributed by atoms with Crippen LogP contribution in [0.5, 0.6) is 11.5 Å². The van der Waals surface area contributed by atoms with Gasteiger partial charge in [0.1, 0.15) is 17.6 Å². The van der Waals surface area contributed by atoms with Crippen LogP contribution in [0.4, 0.5) is 18.9 Å². The smallest absolute Gasteiger partial charge is 0.418 e. The van der Waals surface area contributed by atoms with E-state index >= 15 is 0 Å². The quantitative estimate of drug-likeness (QED) is 0.310. The summed E-state index contributed by atoms with van der Waals surface area (Å²) >= 11 is 0. The molecule has 240 valence electrons. The van der Waals surface area contributed by atoms with Gasteiger partial charge in [0.05, 0.1) is 30.6 Å². The van der Waals surface area contributed by atoms with Gasteiger partial charge in [0.25, 0.3) is 0 Å². The van der Waals surface area contributed by atoms with Gasteiger partial charge in [0.2, 0.25) is 5.91 Å². The fourth-order valence-electron chi connectivity index (χ4n) is 8.48. The first-order chi connectivity index (χ1) is 21.0. The summed E-state index contributed by atoms with van der Waals surface area (Å²) < 4.78 is 54.7. The predicted molar refractivity (Wildman–Crippen MR) is 160 cm³/mol. The number of hydrogen-bond acceptors (Lipinski definition) is 6. The number of phenols is 1. The van der Waals surface area contributed by atoms with Crippen LogP contribution in [0.3, 0.4) is 0 Å². The van der Waals surface area contributed by atoms with Crippen molar-refractivity contribution in [3.8, 4) is 11.5 Å². The first-order valence-corrected chi connectivity index (χ1v) is 16.0. The Hall–Kier alpha value is -2.82. The maximum Gasteiger partial charge on any atom is 0.418 e. The molecule has 4 aliphatic rings. The molecule has 2 aromatic rings. The Kier molecular flexibility index (Phi) is 8.87. The summed E-state index contributed by atoms with van der Waals surface area (Å²) in [4.78, 5) is 14.9. The Morgan fingerprint density at radius 2 is 1.91 bits per heavy atom. The van der Waals surface area contributed by atoms with Crippen LogP contribution < -0.4 is 10.1 Å². The Bertz CT molecular complexity index is 1350. The molecule has 0 spiro atoms. The highest BCUT2D eigenvalue weighted by Crippen LogP contribution is 2.61. The lowest BCUT2D eigenvalue weighted by Crippen LogP contribution is -2.51. The number of aliphatic hydroxyl groups is 1. The number of ether oxygens (including phenoxy) is 2. The molecule has 2 aromatic carbocycles. The Morgan fingerprint density at radius 3 is 2.68 bits per heavy atom. The van der Waals surface area contributed by atoms with E-state index in [1.807, 2.05) is 6.07 Å². The minimum Gasteiger partial charge on any atom is -0.508 e. The first kappa shape index (κ1) is 31.2. The number of anilines is 1. The van der Waals surface area contributed by atoms with Crippen LogP contribution >= 0.6 is 0 Å². The molecule has 10 heteroatoms. The molecule has 7 nitrogen and oxygen atoms in total. The fourth-order valence-corrected chi connectivity index (χ4v) is 8.48. The number of fused-ring (bicyclic) bond motifs is 5. The number of amides is 1. The fraction of sp³-hybridized carbons (Fsp3) is 0.618. The second-order valence-corrected chi connectivity index (χ2v) is 13.3. The van der Waals surface area contributed by atoms with Crippen LogP contribution in [0.25, 0.3) is 0 Å². The van der Waals surface area contributed by atoms with E-state index in [-0.39, 0.29) is 40.9 Å². The van der Waals surface area contributed by atoms with Crippen LogP contribution in [-0.4, -0.2) is 66.1 Å². The monoisotopic (exact) mass is 616 g/mol. The number of nitrogens with one attached hydrogen (secondary N) is 1. The summed E-state index contributed by atoms with van der Waals surface area (Å²) in [6, 6.07) is 9.14. The zero-order chi connectivity index (χ0) is 31.1. The standard InChI is InChI=1S/C34H43F3N2O5/c1-33-20-29(32-24-9-6-22(40)18-21(24)5-8-25(32)26(33)10-12-30(33)41)44-23-7-11-28(27(19-23)34(35,36)37)38-31(42)4-2-3-13-39-14-16-43-17-15-39/h6-7,9,11,18-19,25-26,29-30,32,40-41H,2-5,8,10,12-17,20H2,1H3,(H,38,42)/t25-,26-,29-,30-,32+,33-/m0/s1. The van der Waals surface area contributed by atoms with E-state index in [4.69, 9.17) is 9.47 Å². The van der Waals surface area contributed by atoms with Crippen molar-refractivity contribution in [2.75, 3.05) is 38.2 Å². The summed E-state index contributed by atoms with van der Waals surface area (Å²) in [5.74, 6) is 0.288. The van der Waals surface area contributed by atoms with Crippen LogP contribution in [0.15, 0.2) is 36.4 Å². The van der Waals surface area contributed by atoms with E-state index in [1.54, 1.807) is 12.1 Å². The Labute approximate surface area is 256 Å². The zero-order valence-corrected chi connectivity index (χ0v) is 25.2. The molecule has 0 unspecified atom stereocenters. The van der Waals surface area contributed by atoms with Gasteiger partial charge >= 0.3 is 6.18 Å². The number of alkyl halides is 3. The van der Waals surface area contributed by atoms with Crippen LogP contribution in [0, 0.1) is 17.3 Å². The number of carbonyl (C=O) groups excluding carboxylic acids is 1. The van der Waals surface area contributed by atoms with E-state index in [9.17, 15) is 28.2 Å². The van der Waals surface area contributed by atoms with E-state index in [1.165, 1.54) is 12.1 Å². The third kappa shape index (κ3) is 6.30. The van der Waals surface area contributed by atoms with Gasteiger partial charge in [-0.25, -0.2) is 0 Å². The Balaban J connectivity index is 1.19. The third-order valence-electron chi connectivity index (χ3n) is 10.7. The molecule has 1 heterocycles. The summed E-state index contributed by atoms with van der Waals surface area (Å²) in [5, 5.41) is 23.6. The number of carbonyl (C=O) groups is 1. The molecule has 44 heavy (non-hydrogen) atoms. The van der Waals surface area contributed by atoms with Crippen molar-refractivity contribution in [1.29, 1.82) is 0 Å². The van der Waals surface area contributed by atoms with E-state index in [0.29, 0.717) is 38.4 Å². The van der Waals surface area contributed by atoms with Crippen molar-refractivity contribution < 1.29 is 37.7 Å². The molecule has 0 bridgehead atoms. The molecule has 1 aliphatic heterocycles. The van der Waals surface area contributed by atoms with Gasteiger partial charge in [-0.2, -0.15) is 13.2 Å². The van der Waals surface area contributed by atoms with E-state index in [0.717, 1.165) is 62.5 Å². The lowest BCUT2D eigenvalue weighted by molar-refractivity contribution is -0.137. The summed E-state index contributed by atoms with van der Waals surface area (Å²) in [7, 11) is 0. The number of nitrogens with zero attached hydrogens (tertiary/aromatic N) is 1. The van der Waals surface area contributed by atoms with Crippen LogP contribution in [-0.2, 0) is 22.1 Å². The number of rotatable bonds is 8. The summed E-state index contributed by atoms with van der Waals surface area (Å²) in [5.41, 5.74) is 0.509. The molecule has 0 aromatic heterocycles. The minimum atomic E-state index is -4.69. The molecule has 3 N–H and O–H groups in total. The van der Waals surface area contributed by atoms with Crippen LogP contribution in [0.1, 0.15) is 74.5 Å². The van der Waals surface area contributed by atoms with E-state index in [2.05, 4.69) is 17.1 Å². The maximum atomic E-state index is 14.3. The maximum absolute atomic E-state index is 14.3. The average Bonchev–Trinajstić information content (AvgIpc) is 3.29. The highest BCUT2D eigenvalue weighted by atomic mass is 19.4. The lowest BCUT2D eigenvalue weighted by Gasteiger charge is -2.53. The van der Waals surface area contributed by atoms with Crippen molar-refractivity contribution in [3.05, 3.63) is 53.1 Å². The van der Waals surface area contributed by atoms with Gasteiger partial charge in [-0.3, -0.25) is 9.69 Å². The van der Waals surface area contributed by atoms with Crippen molar-refractivity contribution in [2.24, 2.45) is 17.3 Å². The highest BCUT2D eigenvalue weighted by Gasteiger charge is 2.58. The van der Waals surface area contributed by atoms with Crippen molar-refractivity contribution in [2.45, 2.75) is 82.6 Å². The molecule has 2 saturated carbocycles. The Morgan fingerprint density at radius 1 is 1.11 bits per heavy atom. The molecule has 1 amide bonds. The number of aliphatic hydroxyl groups excluding tert-OH is 1. The molecule has 3 aliphatic carbocycles. The second-order valence-electron chi connectivity index (χ2n) is 13.3. The number of benzene rings is 2. The molecular weight excluding hydrogens is 573 g/mol. The van der Waals surface area contributed by atoms with Crippen molar-refractivity contribution in [1.82, 2.24) is 4.90 Å². The normalized spacial score (nSPS) is 30.2. The molecule has 6 rings (SSSR count). The predicted octanol–water partition coefficient (Wildman–Crippen LogP) is 6.13. The number of aryl methyl sites for hydroxylation is 1. The molecule has 3 fully saturated rings. The lowest BCUT2D eigenvalue weighted by atomic mass is 9.54. The molecule has 1 saturated heterocycles. The number of halogens is 3. The minimum absolute atomic E-state index is 0.0612. The number of unbranched alkanes of at least 4 members (excludes halogenated alkanes) is 1. The summed E-state index contributed by atoms with van der Waals surface area (Å²) in [6.07, 6.45) is -0.303. The molecule has 6 atom stereocenters. The number of hydrogen-bond donors (Lipinski definition) is 3. The van der Waals surface area contributed by atoms with Crippen molar-refractivity contribution >= 4 is 11.6 Å². The van der Waals surface area contributed by atoms with Gasteiger partial charge < -0.3 is 25.0 Å². The van der Waals surface area contributed by atoms with E-state index < -0.39 is 29.9 Å². The van der Waals surface area contributed by atoms with Gasteiger partial charge in [0.15, 0.2) is 0 Å². The second kappa shape index (κ2) is 12.5. The summed E-state index contributed by atoms with van der Waals surface area (Å²) in [6.45, 7) is 6.03. The van der Waals surface area contributed by atoms with Gasteiger partial charge in [-0.05, 0) is 105 Å². The molecule has 0 radical (unpaired) electrons. The molecular formula is C34H43F3N2O5. The first-order valence-electron chi connectivity index (χ1n) is 16.0. The van der Waals surface area contributed by atoms with Crippen LogP contribution in [0.2, 0.25) is 0 Å². The number of morpholine rings is 1.